The van der Waals surface area contributed by atoms with E-state index in [-0.39, 0.29) is 10.6 Å². The number of hydrogen-bond acceptors (Lipinski definition) is 2. The largest absolute Gasteiger partial charge is 0.399 e. The Morgan fingerprint density at radius 3 is 2.74 bits per heavy atom. The van der Waals surface area contributed by atoms with Crippen molar-refractivity contribution in [2.24, 2.45) is 0 Å². The topological polar surface area (TPSA) is 55.1 Å². The van der Waals surface area contributed by atoms with Crippen LogP contribution in [0.5, 0.6) is 0 Å². The fourth-order valence-electron chi connectivity index (χ4n) is 1.67. The van der Waals surface area contributed by atoms with Gasteiger partial charge in [0.05, 0.1) is 10.6 Å². The summed E-state index contributed by atoms with van der Waals surface area (Å²) in [5.41, 5.74) is 7.35. The van der Waals surface area contributed by atoms with E-state index in [0.717, 1.165) is 5.56 Å². The molecule has 0 bridgehead atoms. The number of amides is 1. The van der Waals surface area contributed by atoms with Gasteiger partial charge < -0.3 is 11.1 Å². The Bertz CT molecular complexity index is 623. The molecule has 0 heterocycles. The molecule has 3 N–H and O–H groups in total. The van der Waals surface area contributed by atoms with E-state index in [1.165, 1.54) is 18.2 Å². The molecular formula is C14H12ClFN2O. The van der Waals surface area contributed by atoms with E-state index in [9.17, 15) is 9.18 Å². The SMILES string of the molecule is Cc1ccc(N)cc1NC(=O)c1c(F)cccc1Cl. The van der Waals surface area contributed by atoms with Crippen molar-refractivity contribution in [2.45, 2.75) is 6.92 Å². The third-order valence-corrected chi connectivity index (χ3v) is 3.01. The average Bonchev–Trinajstić information content (AvgIpc) is 2.33. The van der Waals surface area contributed by atoms with Gasteiger partial charge in [-0.15, -0.1) is 0 Å². The van der Waals surface area contributed by atoms with Gasteiger partial charge in [0.1, 0.15) is 5.82 Å². The Morgan fingerprint density at radius 2 is 2.05 bits per heavy atom. The molecule has 0 radical (unpaired) electrons. The molecule has 1 amide bonds. The summed E-state index contributed by atoms with van der Waals surface area (Å²) in [7, 11) is 0. The number of carbonyl (C=O) groups excluding carboxylic acids is 1. The van der Waals surface area contributed by atoms with Gasteiger partial charge in [-0.2, -0.15) is 0 Å². The zero-order valence-corrected chi connectivity index (χ0v) is 11.0. The van der Waals surface area contributed by atoms with Gasteiger partial charge in [-0.1, -0.05) is 23.7 Å². The van der Waals surface area contributed by atoms with Crippen LogP contribution < -0.4 is 11.1 Å². The number of carbonyl (C=O) groups is 1. The monoisotopic (exact) mass is 278 g/mol. The molecule has 2 rings (SSSR count). The molecule has 19 heavy (non-hydrogen) atoms. The molecule has 0 fully saturated rings. The molecule has 2 aromatic carbocycles. The van der Waals surface area contributed by atoms with Crippen molar-refractivity contribution in [3.63, 3.8) is 0 Å². The summed E-state index contributed by atoms with van der Waals surface area (Å²) in [5, 5.41) is 2.67. The highest BCUT2D eigenvalue weighted by atomic mass is 35.5. The lowest BCUT2D eigenvalue weighted by Crippen LogP contribution is -2.15. The van der Waals surface area contributed by atoms with Crippen molar-refractivity contribution in [3.05, 3.63) is 58.4 Å². The normalized spacial score (nSPS) is 10.3. The summed E-state index contributed by atoms with van der Waals surface area (Å²) in [4.78, 5) is 12.0. The number of nitrogens with one attached hydrogen (secondary N) is 1. The van der Waals surface area contributed by atoms with E-state index < -0.39 is 11.7 Å². The van der Waals surface area contributed by atoms with Crippen LogP contribution in [0.4, 0.5) is 15.8 Å². The zero-order valence-electron chi connectivity index (χ0n) is 10.2. The van der Waals surface area contributed by atoms with Crippen LogP contribution in [0.25, 0.3) is 0 Å². The Balaban J connectivity index is 2.34. The van der Waals surface area contributed by atoms with E-state index in [1.807, 2.05) is 6.92 Å². The maximum atomic E-state index is 13.6. The molecule has 0 aliphatic heterocycles. The predicted molar refractivity (Wildman–Crippen MR) is 75.0 cm³/mol. The summed E-state index contributed by atoms with van der Waals surface area (Å²) >= 11 is 5.84. The van der Waals surface area contributed by atoms with Gasteiger partial charge >= 0.3 is 0 Å². The molecule has 0 spiro atoms. The molecule has 0 saturated heterocycles. The standard InChI is InChI=1S/C14H12ClFN2O/c1-8-5-6-9(17)7-12(8)18-14(19)13-10(15)3-2-4-11(13)16/h2-7H,17H2,1H3,(H,18,19). The van der Waals surface area contributed by atoms with Crippen LogP contribution in [0.2, 0.25) is 5.02 Å². The molecule has 0 atom stereocenters. The van der Waals surface area contributed by atoms with E-state index in [4.69, 9.17) is 17.3 Å². The average molecular weight is 279 g/mol. The molecule has 0 unspecified atom stereocenters. The van der Waals surface area contributed by atoms with E-state index in [0.29, 0.717) is 11.4 Å². The predicted octanol–water partition coefficient (Wildman–Crippen LogP) is 3.62. The number of rotatable bonds is 2. The highest BCUT2D eigenvalue weighted by Gasteiger charge is 2.16. The van der Waals surface area contributed by atoms with Crippen LogP contribution in [-0.4, -0.2) is 5.91 Å². The molecule has 0 aliphatic rings. The molecule has 3 nitrogen and oxygen atoms in total. The zero-order chi connectivity index (χ0) is 14.0. The number of aryl methyl sites for hydroxylation is 1. The lowest BCUT2D eigenvalue weighted by molar-refractivity contribution is 0.102. The summed E-state index contributed by atoms with van der Waals surface area (Å²) in [6.45, 7) is 1.82. The Morgan fingerprint density at radius 1 is 1.32 bits per heavy atom. The van der Waals surface area contributed by atoms with Gasteiger partial charge in [0.2, 0.25) is 0 Å². The third-order valence-electron chi connectivity index (χ3n) is 2.70. The van der Waals surface area contributed by atoms with Crippen molar-refractivity contribution in [1.29, 1.82) is 0 Å². The molecular weight excluding hydrogens is 267 g/mol. The van der Waals surface area contributed by atoms with E-state index in [1.54, 1.807) is 18.2 Å². The Labute approximate surface area is 115 Å². The fraction of sp³-hybridized carbons (Fsp3) is 0.0714. The first kappa shape index (κ1) is 13.4. The van der Waals surface area contributed by atoms with Gasteiger partial charge in [-0.3, -0.25) is 4.79 Å². The lowest BCUT2D eigenvalue weighted by Gasteiger charge is -2.10. The van der Waals surface area contributed by atoms with E-state index >= 15 is 0 Å². The smallest absolute Gasteiger partial charge is 0.260 e. The first-order valence-electron chi connectivity index (χ1n) is 5.60. The number of hydrogen-bond donors (Lipinski definition) is 2. The third kappa shape index (κ3) is 2.85. The minimum absolute atomic E-state index is 0.0686. The van der Waals surface area contributed by atoms with Crippen LogP contribution in [0.15, 0.2) is 36.4 Å². The van der Waals surface area contributed by atoms with E-state index in [2.05, 4.69) is 5.32 Å². The summed E-state index contributed by atoms with van der Waals surface area (Å²) in [6, 6.07) is 9.20. The second-order valence-electron chi connectivity index (χ2n) is 4.13. The fourth-order valence-corrected chi connectivity index (χ4v) is 1.92. The van der Waals surface area contributed by atoms with Crippen molar-refractivity contribution < 1.29 is 9.18 Å². The number of benzene rings is 2. The second-order valence-corrected chi connectivity index (χ2v) is 4.53. The highest BCUT2D eigenvalue weighted by molar-refractivity contribution is 6.34. The molecule has 0 aliphatic carbocycles. The number of nitrogens with two attached hydrogens (primary N) is 1. The maximum Gasteiger partial charge on any atom is 0.260 e. The summed E-state index contributed by atoms with van der Waals surface area (Å²) in [6.07, 6.45) is 0. The number of halogens is 2. The molecule has 98 valence electrons. The molecule has 0 aromatic heterocycles. The first-order chi connectivity index (χ1) is 8.99. The Kier molecular flexibility index (Phi) is 3.71. The first-order valence-corrected chi connectivity index (χ1v) is 5.98. The van der Waals surface area contributed by atoms with Crippen molar-refractivity contribution in [1.82, 2.24) is 0 Å². The number of anilines is 2. The van der Waals surface area contributed by atoms with Crippen molar-refractivity contribution >= 4 is 28.9 Å². The van der Waals surface area contributed by atoms with Crippen molar-refractivity contribution in [2.75, 3.05) is 11.1 Å². The minimum atomic E-state index is -0.661. The van der Waals surface area contributed by atoms with Gasteiger partial charge in [0, 0.05) is 11.4 Å². The number of nitrogen functional groups attached to an aromatic ring is 1. The van der Waals surface area contributed by atoms with Crippen molar-refractivity contribution in [3.8, 4) is 0 Å². The van der Waals surface area contributed by atoms with Gasteiger partial charge in [0.15, 0.2) is 0 Å². The lowest BCUT2D eigenvalue weighted by atomic mass is 10.1. The van der Waals surface area contributed by atoms with Gasteiger partial charge in [0.25, 0.3) is 5.91 Å². The minimum Gasteiger partial charge on any atom is -0.399 e. The summed E-state index contributed by atoms with van der Waals surface area (Å²) in [5.74, 6) is -1.26. The molecule has 5 heteroatoms. The van der Waals surface area contributed by atoms with Crippen LogP contribution in [0, 0.1) is 12.7 Å². The van der Waals surface area contributed by atoms with Gasteiger partial charge in [-0.25, -0.2) is 4.39 Å². The molecule has 0 saturated carbocycles. The second kappa shape index (κ2) is 5.28. The van der Waals surface area contributed by atoms with Crippen LogP contribution in [0.1, 0.15) is 15.9 Å². The van der Waals surface area contributed by atoms with Crippen LogP contribution in [0.3, 0.4) is 0 Å². The quantitative estimate of drug-likeness (QED) is 0.824. The van der Waals surface area contributed by atoms with Crippen LogP contribution >= 0.6 is 11.6 Å². The highest BCUT2D eigenvalue weighted by Crippen LogP contribution is 2.23. The van der Waals surface area contributed by atoms with Gasteiger partial charge in [-0.05, 0) is 36.8 Å². The maximum absolute atomic E-state index is 13.6. The van der Waals surface area contributed by atoms with Crippen LogP contribution in [-0.2, 0) is 0 Å². The molecule has 2 aromatic rings. The Hall–Kier alpha value is -2.07. The summed E-state index contributed by atoms with van der Waals surface area (Å²) < 4.78 is 13.6.